The fourth-order valence-corrected chi connectivity index (χ4v) is 3.08. The highest BCUT2D eigenvalue weighted by molar-refractivity contribution is 6.26. The van der Waals surface area contributed by atoms with E-state index in [9.17, 15) is 0 Å². The predicted octanol–water partition coefficient (Wildman–Crippen LogP) is 4.83. The van der Waals surface area contributed by atoms with Crippen LogP contribution in [0.15, 0.2) is 64.8 Å². The van der Waals surface area contributed by atoms with Gasteiger partial charge in [0, 0.05) is 23.5 Å². The van der Waals surface area contributed by atoms with Gasteiger partial charge in [-0.05, 0) is 81.3 Å². The molecule has 0 saturated carbocycles. The minimum atomic E-state index is 0.0864. The van der Waals surface area contributed by atoms with E-state index in [0.717, 1.165) is 33.8 Å². The third kappa shape index (κ3) is 4.32. The maximum Gasteiger partial charge on any atom is 0.164 e. The van der Waals surface area contributed by atoms with Crippen molar-refractivity contribution in [1.82, 2.24) is 9.97 Å². The van der Waals surface area contributed by atoms with Gasteiger partial charge in [-0.1, -0.05) is 0 Å². The van der Waals surface area contributed by atoms with Crippen LogP contribution in [0.3, 0.4) is 0 Å². The number of pyridine rings is 2. The van der Waals surface area contributed by atoms with Gasteiger partial charge in [0.2, 0.25) is 0 Å². The molecule has 1 N–H and O–H groups in total. The van der Waals surface area contributed by atoms with Crippen LogP contribution in [0, 0.1) is 13.8 Å². The SMILES string of the molecule is Cc1ccnc(N=C2N=C(Nc3cc(C)ccn3)c3ccc(OC(C)C)cc32)c1. The number of rotatable bonds is 4. The van der Waals surface area contributed by atoms with Gasteiger partial charge < -0.3 is 10.1 Å². The summed E-state index contributed by atoms with van der Waals surface area (Å²) in [6.45, 7) is 8.06. The fourth-order valence-electron chi connectivity index (χ4n) is 3.08. The highest BCUT2D eigenvalue weighted by Gasteiger charge is 2.23. The quantitative estimate of drug-likeness (QED) is 0.698. The van der Waals surface area contributed by atoms with E-state index < -0.39 is 0 Å². The summed E-state index contributed by atoms with van der Waals surface area (Å²) in [4.78, 5) is 18.2. The van der Waals surface area contributed by atoms with Crippen LogP contribution in [0.5, 0.6) is 5.75 Å². The number of nitrogens with zero attached hydrogens (tertiary/aromatic N) is 4. The molecule has 1 aliphatic heterocycles. The zero-order chi connectivity index (χ0) is 20.4. The molecule has 6 nitrogen and oxygen atoms in total. The molecule has 6 heteroatoms. The number of aryl methyl sites for hydroxylation is 2. The molecule has 2 aromatic heterocycles. The largest absolute Gasteiger partial charge is 0.491 e. The Labute approximate surface area is 170 Å². The summed E-state index contributed by atoms with van der Waals surface area (Å²) in [5.41, 5.74) is 4.08. The molecule has 0 radical (unpaired) electrons. The Kier molecular flexibility index (Phi) is 5.08. The third-order valence-electron chi connectivity index (χ3n) is 4.36. The van der Waals surface area contributed by atoms with Gasteiger partial charge in [0.15, 0.2) is 11.7 Å². The maximum absolute atomic E-state index is 5.87. The number of hydrogen-bond acceptors (Lipinski definition) is 5. The first kappa shape index (κ1) is 18.8. The Morgan fingerprint density at radius 3 is 2.38 bits per heavy atom. The van der Waals surface area contributed by atoms with Crippen molar-refractivity contribution in [2.24, 2.45) is 9.98 Å². The summed E-state index contributed by atoms with van der Waals surface area (Å²) >= 11 is 0. The van der Waals surface area contributed by atoms with E-state index in [1.165, 1.54) is 0 Å². The molecule has 0 aliphatic carbocycles. The minimum absolute atomic E-state index is 0.0864. The summed E-state index contributed by atoms with van der Waals surface area (Å²) in [7, 11) is 0. The molecule has 0 saturated heterocycles. The summed E-state index contributed by atoms with van der Waals surface area (Å²) < 4.78 is 5.87. The molecule has 0 spiro atoms. The van der Waals surface area contributed by atoms with Crippen LogP contribution in [0.2, 0.25) is 0 Å². The second-order valence-electron chi connectivity index (χ2n) is 7.30. The van der Waals surface area contributed by atoms with Crippen LogP contribution >= 0.6 is 0 Å². The number of anilines is 1. The standard InChI is InChI=1S/C23H23N5O/c1-14(2)29-17-5-6-18-19(13-17)23(27-21-12-16(4)8-10-25-21)28-22(18)26-20-11-15(3)7-9-24-20/h5-14H,1-4H3,(H,24,25,26,27,28). The average molecular weight is 385 g/mol. The molecule has 4 rings (SSSR count). The van der Waals surface area contributed by atoms with E-state index >= 15 is 0 Å². The van der Waals surface area contributed by atoms with Crippen LogP contribution < -0.4 is 10.1 Å². The Hall–Kier alpha value is -3.54. The molecule has 0 unspecified atom stereocenters. The second-order valence-corrected chi connectivity index (χ2v) is 7.30. The van der Waals surface area contributed by atoms with Gasteiger partial charge in [-0.2, -0.15) is 0 Å². The minimum Gasteiger partial charge on any atom is -0.491 e. The maximum atomic E-state index is 5.87. The highest BCUT2D eigenvalue weighted by Crippen LogP contribution is 2.27. The predicted molar refractivity (Wildman–Crippen MR) is 117 cm³/mol. The normalized spacial score (nSPS) is 14.1. The number of hydrogen-bond donors (Lipinski definition) is 1. The lowest BCUT2D eigenvalue weighted by Gasteiger charge is -2.11. The van der Waals surface area contributed by atoms with Crippen LogP contribution in [-0.4, -0.2) is 27.7 Å². The van der Waals surface area contributed by atoms with Crippen LogP contribution in [-0.2, 0) is 0 Å². The topological polar surface area (TPSA) is 71.8 Å². The van der Waals surface area contributed by atoms with Crippen molar-refractivity contribution >= 4 is 23.3 Å². The first-order valence-corrected chi connectivity index (χ1v) is 9.59. The molecule has 146 valence electrons. The number of amidine groups is 2. The molecule has 0 fully saturated rings. The van der Waals surface area contributed by atoms with Crippen molar-refractivity contribution < 1.29 is 4.74 Å². The zero-order valence-electron chi connectivity index (χ0n) is 17.0. The number of aromatic nitrogens is 2. The molecule has 0 amide bonds. The molecule has 3 aromatic rings. The lowest BCUT2D eigenvalue weighted by molar-refractivity contribution is 0.242. The Bertz CT molecular complexity index is 1120. The summed E-state index contributed by atoms with van der Waals surface area (Å²) in [6, 6.07) is 13.8. The lowest BCUT2D eigenvalue weighted by atomic mass is 10.1. The first-order valence-electron chi connectivity index (χ1n) is 9.59. The Morgan fingerprint density at radius 1 is 0.897 bits per heavy atom. The second kappa shape index (κ2) is 7.83. The number of aliphatic imine (C=N–C) groups is 2. The third-order valence-corrected chi connectivity index (χ3v) is 4.36. The van der Waals surface area contributed by atoms with Crippen molar-refractivity contribution in [1.29, 1.82) is 0 Å². The summed E-state index contributed by atoms with van der Waals surface area (Å²) in [6.07, 6.45) is 3.62. The fraction of sp³-hybridized carbons (Fsp3) is 0.217. The van der Waals surface area contributed by atoms with Crippen molar-refractivity contribution in [2.45, 2.75) is 33.8 Å². The first-order chi connectivity index (χ1) is 14.0. The number of ether oxygens (including phenoxy) is 1. The average Bonchev–Trinajstić information content (AvgIpc) is 2.98. The van der Waals surface area contributed by atoms with E-state index in [2.05, 4.69) is 15.3 Å². The van der Waals surface area contributed by atoms with E-state index in [-0.39, 0.29) is 6.10 Å². The van der Waals surface area contributed by atoms with E-state index in [0.29, 0.717) is 17.5 Å². The Morgan fingerprint density at radius 2 is 1.66 bits per heavy atom. The van der Waals surface area contributed by atoms with E-state index in [1.807, 2.05) is 70.2 Å². The van der Waals surface area contributed by atoms with Crippen LogP contribution in [0.25, 0.3) is 0 Å². The summed E-state index contributed by atoms with van der Waals surface area (Å²) in [5, 5.41) is 3.32. The van der Waals surface area contributed by atoms with Gasteiger partial charge in [-0.3, -0.25) is 0 Å². The van der Waals surface area contributed by atoms with Gasteiger partial charge in [-0.25, -0.2) is 20.0 Å². The van der Waals surface area contributed by atoms with Crippen molar-refractivity contribution in [2.75, 3.05) is 5.32 Å². The lowest BCUT2D eigenvalue weighted by Crippen LogP contribution is -2.13. The van der Waals surface area contributed by atoms with E-state index in [1.54, 1.807) is 12.4 Å². The van der Waals surface area contributed by atoms with Crippen molar-refractivity contribution in [3.05, 3.63) is 77.1 Å². The van der Waals surface area contributed by atoms with Crippen LogP contribution in [0.1, 0.15) is 36.1 Å². The zero-order valence-corrected chi connectivity index (χ0v) is 17.0. The Balaban J connectivity index is 1.76. The van der Waals surface area contributed by atoms with Crippen molar-refractivity contribution in [3.8, 4) is 5.75 Å². The number of benzene rings is 1. The molecule has 0 atom stereocenters. The van der Waals surface area contributed by atoms with Gasteiger partial charge >= 0.3 is 0 Å². The van der Waals surface area contributed by atoms with Gasteiger partial charge in [0.1, 0.15) is 17.4 Å². The highest BCUT2D eigenvalue weighted by atomic mass is 16.5. The smallest absolute Gasteiger partial charge is 0.164 e. The van der Waals surface area contributed by atoms with E-state index in [4.69, 9.17) is 14.7 Å². The number of fused-ring (bicyclic) bond motifs is 1. The molecule has 3 heterocycles. The molecule has 0 bridgehead atoms. The molecular weight excluding hydrogens is 362 g/mol. The summed E-state index contributed by atoms with van der Waals surface area (Å²) in [5.74, 6) is 3.46. The van der Waals surface area contributed by atoms with Gasteiger partial charge in [0.25, 0.3) is 0 Å². The molecule has 29 heavy (non-hydrogen) atoms. The number of nitrogens with one attached hydrogen (secondary N) is 1. The van der Waals surface area contributed by atoms with Gasteiger partial charge in [-0.15, -0.1) is 0 Å². The van der Waals surface area contributed by atoms with Crippen LogP contribution in [0.4, 0.5) is 11.6 Å². The monoisotopic (exact) mass is 385 g/mol. The van der Waals surface area contributed by atoms with Gasteiger partial charge in [0.05, 0.1) is 6.10 Å². The molecular formula is C23H23N5O. The molecule has 1 aliphatic rings. The molecule has 1 aromatic carbocycles. The van der Waals surface area contributed by atoms with Crippen molar-refractivity contribution in [3.63, 3.8) is 0 Å².